The highest BCUT2D eigenvalue weighted by Crippen LogP contribution is 2.31. The summed E-state index contributed by atoms with van der Waals surface area (Å²) in [5.74, 6) is 0.557. The highest BCUT2D eigenvalue weighted by atomic mass is 16.2. The molecule has 2 fully saturated rings. The van der Waals surface area contributed by atoms with Gasteiger partial charge < -0.3 is 15.5 Å². The summed E-state index contributed by atoms with van der Waals surface area (Å²) in [6.07, 6.45) is 9.72. The number of nitrogens with one attached hydrogen (secondary N) is 2. The van der Waals surface area contributed by atoms with Crippen LogP contribution in [0.1, 0.15) is 37.7 Å². The first-order chi connectivity index (χ1) is 12.7. The maximum Gasteiger partial charge on any atom is 0.253 e. The standard InChI is InChI=1S/C20H26N4O2/c25-19-17(22-12-14-6-8-21-9-7-14)18(20(19)26)23-13-15-4-3-11-24-10-2-1-5-16(15)24/h6-9,15-16,22-23H,1-5,10-13H2/t15-,16+/m0/s1. The van der Waals surface area contributed by atoms with Gasteiger partial charge in [-0.3, -0.25) is 14.6 Å². The zero-order chi connectivity index (χ0) is 17.9. The van der Waals surface area contributed by atoms with Gasteiger partial charge in [-0.2, -0.15) is 0 Å². The van der Waals surface area contributed by atoms with E-state index in [-0.39, 0.29) is 0 Å². The molecule has 138 valence electrons. The van der Waals surface area contributed by atoms with E-state index in [1.807, 2.05) is 12.1 Å². The molecule has 2 aliphatic rings. The SMILES string of the molecule is O=c1c(NCc2ccncc2)c(NC[C@@H]2CCCN3CCCC[C@H]23)c1=O. The molecule has 2 N–H and O–H groups in total. The normalized spacial score (nSPS) is 23.5. The van der Waals surface area contributed by atoms with Crippen LogP contribution in [0.25, 0.3) is 0 Å². The molecule has 2 aromatic rings. The molecular formula is C20H26N4O2. The van der Waals surface area contributed by atoms with E-state index >= 15 is 0 Å². The summed E-state index contributed by atoms with van der Waals surface area (Å²) in [6, 6.07) is 4.42. The molecule has 4 rings (SSSR count). The number of nitrogens with zero attached hydrogens (tertiary/aromatic N) is 2. The molecule has 0 aliphatic carbocycles. The second-order valence-corrected chi connectivity index (χ2v) is 7.50. The molecule has 0 bridgehead atoms. The molecule has 0 amide bonds. The summed E-state index contributed by atoms with van der Waals surface area (Å²) < 4.78 is 0. The van der Waals surface area contributed by atoms with Crippen LogP contribution in [0.4, 0.5) is 11.4 Å². The van der Waals surface area contributed by atoms with Crippen LogP contribution in [-0.2, 0) is 6.54 Å². The van der Waals surface area contributed by atoms with Gasteiger partial charge in [-0.25, -0.2) is 0 Å². The van der Waals surface area contributed by atoms with Crippen LogP contribution in [0.3, 0.4) is 0 Å². The monoisotopic (exact) mass is 354 g/mol. The molecule has 3 heterocycles. The Kier molecular flexibility index (Phi) is 5.02. The zero-order valence-corrected chi connectivity index (χ0v) is 15.0. The van der Waals surface area contributed by atoms with E-state index in [0.717, 1.165) is 12.1 Å². The van der Waals surface area contributed by atoms with Gasteiger partial charge in [0.1, 0.15) is 11.4 Å². The average molecular weight is 354 g/mol. The van der Waals surface area contributed by atoms with Gasteiger partial charge in [-0.1, -0.05) is 6.42 Å². The molecule has 2 saturated heterocycles. The van der Waals surface area contributed by atoms with Crippen LogP contribution < -0.4 is 21.5 Å². The lowest BCUT2D eigenvalue weighted by Crippen LogP contribution is -2.50. The molecule has 1 aromatic heterocycles. The lowest BCUT2D eigenvalue weighted by Gasteiger charge is -2.44. The molecule has 1 aromatic carbocycles. The summed E-state index contributed by atoms with van der Waals surface area (Å²) in [7, 11) is 0. The van der Waals surface area contributed by atoms with Crippen molar-refractivity contribution in [2.24, 2.45) is 5.92 Å². The quantitative estimate of drug-likeness (QED) is 0.773. The van der Waals surface area contributed by atoms with Crippen molar-refractivity contribution in [1.29, 1.82) is 0 Å². The Morgan fingerprint density at radius 2 is 1.69 bits per heavy atom. The minimum atomic E-state index is -0.413. The van der Waals surface area contributed by atoms with E-state index in [9.17, 15) is 9.59 Å². The Balaban J connectivity index is 1.38. The van der Waals surface area contributed by atoms with Crippen molar-refractivity contribution in [1.82, 2.24) is 9.88 Å². The summed E-state index contributed by atoms with van der Waals surface area (Å²) >= 11 is 0. The van der Waals surface area contributed by atoms with Crippen molar-refractivity contribution in [3.8, 4) is 0 Å². The molecular weight excluding hydrogens is 328 g/mol. The predicted molar refractivity (Wildman–Crippen MR) is 103 cm³/mol. The fraction of sp³-hybridized carbons (Fsp3) is 0.550. The van der Waals surface area contributed by atoms with Crippen LogP contribution in [-0.4, -0.2) is 35.6 Å². The number of hydrogen-bond donors (Lipinski definition) is 2. The van der Waals surface area contributed by atoms with Crippen molar-refractivity contribution >= 4 is 11.4 Å². The first-order valence-electron chi connectivity index (χ1n) is 9.68. The Labute approximate surface area is 153 Å². The van der Waals surface area contributed by atoms with Crippen molar-refractivity contribution in [3.05, 3.63) is 50.5 Å². The van der Waals surface area contributed by atoms with Gasteiger partial charge >= 0.3 is 0 Å². The molecule has 0 spiro atoms. The van der Waals surface area contributed by atoms with Gasteiger partial charge in [0.15, 0.2) is 0 Å². The van der Waals surface area contributed by atoms with Gasteiger partial charge in [-0.15, -0.1) is 0 Å². The summed E-state index contributed by atoms with van der Waals surface area (Å²) in [5.41, 5.74) is 1.13. The number of anilines is 2. The lowest BCUT2D eigenvalue weighted by atomic mass is 9.83. The third-order valence-corrected chi connectivity index (χ3v) is 5.90. The third kappa shape index (κ3) is 3.38. The van der Waals surface area contributed by atoms with E-state index in [2.05, 4.69) is 20.5 Å². The Bertz CT molecular complexity index is 811. The van der Waals surface area contributed by atoms with Crippen LogP contribution in [0.2, 0.25) is 0 Å². The van der Waals surface area contributed by atoms with Crippen LogP contribution in [0, 0.1) is 5.92 Å². The number of rotatable bonds is 6. The minimum absolute atomic E-state index is 0.390. The fourth-order valence-electron chi connectivity index (χ4n) is 4.47. The van der Waals surface area contributed by atoms with Crippen molar-refractivity contribution in [3.63, 3.8) is 0 Å². The predicted octanol–water partition coefficient (Wildman–Crippen LogP) is 1.97. The van der Waals surface area contributed by atoms with Gasteiger partial charge in [-0.05, 0) is 62.4 Å². The topological polar surface area (TPSA) is 74.3 Å². The largest absolute Gasteiger partial charge is 0.380 e. The zero-order valence-electron chi connectivity index (χ0n) is 15.0. The summed E-state index contributed by atoms with van der Waals surface area (Å²) in [6.45, 7) is 3.71. The first-order valence-corrected chi connectivity index (χ1v) is 9.68. The lowest BCUT2D eigenvalue weighted by molar-refractivity contribution is 0.0649. The first kappa shape index (κ1) is 17.2. The van der Waals surface area contributed by atoms with Gasteiger partial charge in [0, 0.05) is 31.5 Å². The molecule has 6 nitrogen and oxygen atoms in total. The minimum Gasteiger partial charge on any atom is -0.380 e. The Morgan fingerprint density at radius 1 is 0.962 bits per heavy atom. The van der Waals surface area contributed by atoms with E-state index in [0.29, 0.717) is 29.9 Å². The van der Waals surface area contributed by atoms with Gasteiger partial charge in [0.2, 0.25) is 0 Å². The van der Waals surface area contributed by atoms with Crippen LogP contribution in [0.15, 0.2) is 34.1 Å². The Hall–Kier alpha value is -2.21. The van der Waals surface area contributed by atoms with Crippen LogP contribution >= 0.6 is 0 Å². The van der Waals surface area contributed by atoms with E-state index in [1.165, 1.54) is 45.2 Å². The third-order valence-electron chi connectivity index (χ3n) is 5.90. The molecule has 0 saturated carbocycles. The van der Waals surface area contributed by atoms with Crippen LogP contribution in [0.5, 0.6) is 0 Å². The molecule has 2 aliphatic heterocycles. The van der Waals surface area contributed by atoms with Crippen molar-refractivity contribution in [2.75, 3.05) is 30.3 Å². The summed E-state index contributed by atoms with van der Waals surface area (Å²) in [4.78, 5) is 30.6. The van der Waals surface area contributed by atoms with E-state index < -0.39 is 10.9 Å². The number of fused-ring (bicyclic) bond motifs is 1. The van der Waals surface area contributed by atoms with Gasteiger partial charge in [0.05, 0.1) is 0 Å². The molecule has 6 heteroatoms. The number of piperidine rings is 2. The highest BCUT2D eigenvalue weighted by Gasteiger charge is 2.33. The highest BCUT2D eigenvalue weighted by molar-refractivity contribution is 5.74. The fourth-order valence-corrected chi connectivity index (χ4v) is 4.47. The maximum absolute atomic E-state index is 12.0. The van der Waals surface area contributed by atoms with E-state index in [1.54, 1.807) is 12.4 Å². The Morgan fingerprint density at radius 3 is 2.50 bits per heavy atom. The number of aromatic nitrogens is 1. The van der Waals surface area contributed by atoms with Crippen molar-refractivity contribution < 1.29 is 0 Å². The van der Waals surface area contributed by atoms with E-state index in [4.69, 9.17) is 0 Å². The van der Waals surface area contributed by atoms with Gasteiger partial charge in [0.25, 0.3) is 10.9 Å². The smallest absolute Gasteiger partial charge is 0.253 e. The summed E-state index contributed by atoms with van der Waals surface area (Å²) in [5, 5.41) is 6.41. The second kappa shape index (κ2) is 7.58. The molecule has 2 atom stereocenters. The maximum atomic E-state index is 12.0. The van der Waals surface area contributed by atoms with Crippen molar-refractivity contribution in [2.45, 2.75) is 44.7 Å². The molecule has 0 radical (unpaired) electrons. The average Bonchev–Trinajstić information content (AvgIpc) is 2.70. The number of hydrogen-bond acceptors (Lipinski definition) is 6. The number of pyridine rings is 1. The molecule has 0 unspecified atom stereocenters. The second-order valence-electron chi connectivity index (χ2n) is 7.50. The molecule has 26 heavy (non-hydrogen) atoms.